The predicted molar refractivity (Wildman–Crippen MR) is 153 cm³/mol. The van der Waals surface area contributed by atoms with E-state index in [0.29, 0.717) is 26.2 Å². The van der Waals surface area contributed by atoms with Crippen molar-refractivity contribution in [3.8, 4) is 0 Å². The lowest BCUT2D eigenvalue weighted by Crippen LogP contribution is -2.48. The van der Waals surface area contributed by atoms with Crippen LogP contribution in [0.1, 0.15) is 52.9 Å². The Kier molecular flexibility index (Phi) is 15.4. The Hall–Kier alpha value is -2.10. The molecule has 258 valence electrons. The molecule has 3 aliphatic rings. The van der Waals surface area contributed by atoms with Crippen LogP contribution in [0.4, 0.5) is 30.7 Å². The maximum absolute atomic E-state index is 13.2. The molecule has 4 unspecified atom stereocenters. The second-order valence-corrected chi connectivity index (χ2v) is 12.5. The second kappa shape index (κ2) is 17.7. The summed E-state index contributed by atoms with van der Waals surface area (Å²) in [5.74, 6) is -11.7. The summed E-state index contributed by atoms with van der Waals surface area (Å²) in [5, 5.41) is 0. The third-order valence-electron chi connectivity index (χ3n) is 7.14. The number of ether oxygens (including phenoxy) is 5. The number of thiol groups is 1. The van der Waals surface area contributed by atoms with E-state index < -0.39 is 61.0 Å². The Morgan fingerprint density at radius 1 is 0.956 bits per heavy atom. The van der Waals surface area contributed by atoms with Gasteiger partial charge in [0, 0.05) is 18.8 Å². The molecule has 0 bridgehead atoms. The highest BCUT2D eigenvalue weighted by Crippen LogP contribution is 2.45. The van der Waals surface area contributed by atoms with E-state index >= 15 is 0 Å². The average Bonchev–Trinajstić information content (AvgIpc) is 3.43. The van der Waals surface area contributed by atoms with Gasteiger partial charge in [0.25, 0.3) is 0 Å². The summed E-state index contributed by atoms with van der Waals surface area (Å²) in [7, 11) is 0. The third-order valence-corrected chi connectivity index (χ3v) is 8.14. The fraction of sp³-hybridized carbons (Fsp3) is 0.733. The molecular weight excluding hydrogens is 637 g/mol. The number of halogens is 7. The first-order chi connectivity index (χ1) is 21.0. The Morgan fingerprint density at radius 3 is 1.98 bits per heavy atom. The number of benzene rings is 1. The van der Waals surface area contributed by atoms with Crippen LogP contribution in [-0.4, -0.2) is 85.9 Å². The van der Waals surface area contributed by atoms with E-state index in [2.05, 4.69) is 4.74 Å². The fourth-order valence-corrected chi connectivity index (χ4v) is 5.61. The van der Waals surface area contributed by atoms with Gasteiger partial charge in [0.05, 0.1) is 19.8 Å². The van der Waals surface area contributed by atoms with Crippen LogP contribution in [0, 0.1) is 11.8 Å². The largest absolute Gasteiger partial charge is 0.463 e. The van der Waals surface area contributed by atoms with E-state index in [9.17, 15) is 40.3 Å². The zero-order valence-electron chi connectivity index (χ0n) is 25.5. The van der Waals surface area contributed by atoms with E-state index in [1.807, 2.05) is 36.4 Å². The first-order valence-electron chi connectivity index (χ1n) is 14.7. The zero-order chi connectivity index (χ0) is 33.7. The number of hydrogen-bond donors (Lipinski definition) is 0. The number of esters is 2. The highest BCUT2D eigenvalue weighted by atomic mass is 32.2. The molecule has 0 amide bonds. The Bertz CT molecular complexity index is 982. The van der Waals surface area contributed by atoms with Gasteiger partial charge in [0.2, 0.25) is 0 Å². The number of hydrogen-bond acceptors (Lipinski definition) is 7. The fourth-order valence-electron chi connectivity index (χ4n) is 4.87. The van der Waals surface area contributed by atoms with Gasteiger partial charge < -0.3 is 23.7 Å². The average molecular weight is 680 g/mol. The molecule has 4 atom stereocenters. The lowest BCUT2D eigenvalue weighted by molar-refractivity contribution is -0.284. The Labute approximate surface area is 262 Å². The van der Waals surface area contributed by atoms with E-state index in [1.54, 1.807) is 25.6 Å². The van der Waals surface area contributed by atoms with Crippen LogP contribution in [0.15, 0.2) is 36.4 Å². The van der Waals surface area contributed by atoms with Gasteiger partial charge in [0.15, 0.2) is 5.79 Å². The highest BCUT2D eigenvalue weighted by Gasteiger charge is 2.59. The van der Waals surface area contributed by atoms with Gasteiger partial charge in [-0.3, -0.25) is 4.79 Å². The smallest absolute Gasteiger partial charge is 0.453 e. The summed E-state index contributed by atoms with van der Waals surface area (Å²) in [4.78, 5) is 23.0. The first kappa shape index (κ1) is 39.1. The van der Waals surface area contributed by atoms with Crippen molar-refractivity contribution in [3.63, 3.8) is 0 Å². The molecule has 1 aliphatic carbocycles. The molecular formula is C30H42F7O7S+. The molecule has 3 fully saturated rings. The van der Waals surface area contributed by atoms with Crippen LogP contribution < -0.4 is 0 Å². The summed E-state index contributed by atoms with van der Waals surface area (Å²) in [6.45, 7) is 5.19. The Balaban J connectivity index is 0.000000482. The number of carbonyl (C=O) groups excluding carboxylic acids is 2. The molecule has 0 N–H and O–H groups in total. The van der Waals surface area contributed by atoms with Gasteiger partial charge >= 0.3 is 30.0 Å². The van der Waals surface area contributed by atoms with Crippen molar-refractivity contribution in [2.24, 2.45) is 11.8 Å². The minimum Gasteiger partial charge on any atom is -0.463 e. The van der Waals surface area contributed by atoms with Crippen LogP contribution in [0.25, 0.3) is 0 Å². The van der Waals surface area contributed by atoms with Gasteiger partial charge in [-0.15, -0.1) is 0 Å². The van der Waals surface area contributed by atoms with Crippen LogP contribution >= 0.6 is 0 Å². The first-order valence-corrected chi connectivity index (χ1v) is 16.0. The molecule has 1 saturated carbocycles. The minimum atomic E-state index is -5.88. The van der Waals surface area contributed by atoms with Crippen molar-refractivity contribution >= 4 is 23.7 Å². The minimum absolute atomic E-state index is 0.130. The van der Waals surface area contributed by atoms with Crippen LogP contribution in [0.2, 0.25) is 0 Å². The zero-order valence-corrected chi connectivity index (χ0v) is 26.4. The number of carbonyl (C=O) groups is 2. The van der Waals surface area contributed by atoms with Gasteiger partial charge in [-0.05, 0) is 37.4 Å². The van der Waals surface area contributed by atoms with Gasteiger partial charge in [-0.25, -0.2) is 4.79 Å². The van der Waals surface area contributed by atoms with E-state index in [4.69, 9.17) is 18.9 Å². The number of rotatable bonds is 8. The maximum atomic E-state index is 13.2. The van der Waals surface area contributed by atoms with E-state index in [0.717, 1.165) is 13.2 Å². The summed E-state index contributed by atoms with van der Waals surface area (Å²) in [6.07, 6.45) is -8.12. The van der Waals surface area contributed by atoms with Crippen LogP contribution in [-0.2, 0) is 45.0 Å². The summed E-state index contributed by atoms with van der Waals surface area (Å²) < 4.78 is 115. The summed E-state index contributed by atoms with van der Waals surface area (Å²) in [5.41, 5.74) is 0. The molecule has 1 aromatic rings. The quantitative estimate of drug-likeness (QED) is 0.141. The molecule has 2 saturated heterocycles. The normalized spacial score (nSPS) is 25.7. The molecule has 2 aliphatic heterocycles. The summed E-state index contributed by atoms with van der Waals surface area (Å²) >= 11 is 1.57. The molecule has 7 nitrogen and oxygen atoms in total. The number of alkyl halides is 7. The van der Waals surface area contributed by atoms with Crippen molar-refractivity contribution in [3.05, 3.63) is 36.4 Å². The van der Waals surface area contributed by atoms with Crippen molar-refractivity contribution in [2.45, 2.75) is 88.9 Å². The summed E-state index contributed by atoms with van der Waals surface area (Å²) in [6, 6.07) is 12.0. The van der Waals surface area contributed by atoms with Crippen molar-refractivity contribution in [1.29, 1.82) is 0 Å². The van der Waals surface area contributed by atoms with Crippen LogP contribution in [0.3, 0.4) is 0 Å². The van der Waals surface area contributed by atoms with E-state index in [-0.39, 0.29) is 24.9 Å². The van der Waals surface area contributed by atoms with Gasteiger partial charge in [-0.1, -0.05) is 50.2 Å². The van der Waals surface area contributed by atoms with Gasteiger partial charge in [-0.2, -0.15) is 30.7 Å². The van der Waals surface area contributed by atoms with Crippen molar-refractivity contribution in [2.75, 3.05) is 37.9 Å². The monoisotopic (exact) mass is 679 g/mol. The molecule has 0 aromatic heterocycles. The maximum Gasteiger partial charge on any atom is 0.453 e. The van der Waals surface area contributed by atoms with E-state index in [1.165, 1.54) is 11.5 Å². The Morgan fingerprint density at radius 2 is 1.53 bits per heavy atom. The molecule has 0 radical (unpaired) electrons. The molecule has 0 spiro atoms. The van der Waals surface area contributed by atoms with Crippen molar-refractivity contribution in [1.82, 2.24) is 0 Å². The molecule has 15 heteroatoms. The standard InChI is InChI=1S/C20H27F7O6.C6H6.C4H8OS/c1-11(2)19(12-5-4-6-13(7-12)32-16(29)17(3,21)22)31-10-14(33-19)9-30-15(28)8-18(23,24)20(25,26)27;1-2-4-6-5-3-1;1-3-6-4-2-5-1/h11-14H,4-10H2,1-3H3;1-6H;1-4H2/p+1. The molecule has 4 rings (SSSR count). The van der Waals surface area contributed by atoms with Crippen LogP contribution in [0.5, 0.6) is 0 Å². The third kappa shape index (κ3) is 12.9. The van der Waals surface area contributed by atoms with Crippen molar-refractivity contribution < 1.29 is 64.0 Å². The predicted octanol–water partition coefficient (Wildman–Crippen LogP) is 6.16. The second-order valence-electron chi connectivity index (χ2n) is 11.2. The highest BCUT2D eigenvalue weighted by molar-refractivity contribution is 7.78. The SMILES string of the molecule is C1C[SH+]CCO1.CC(C)C1(C2CCCC(OC(=O)C(C)(F)F)C2)OCC(COC(=O)CC(F)(F)C(F)(F)F)O1.c1ccccc1. The molecule has 2 heterocycles. The lowest BCUT2D eigenvalue weighted by atomic mass is 9.77. The molecule has 1 aromatic carbocycles. The molecule has 45 heavy (non-hydrogen) atoms. The topological polar surface area (TPSA) is 80.3 Å². The lowest BCUT2D eigenvalue weighted by Gasteiger charge is -2.43. The van der Waals surface area contributed by atoms with Gasteiger partial charge in [0.1, 0.15) is 36.7 Å².